The molecule has 0 fully saturated rings. The van der Waals surface area contributed by atoms with Gasteiger partial charge in [0.15, 0.2) is 6.07 Å². The molecule has 4 heteroatoms. The largest absolute Gasteiger partial charge is 0.433 e. The topological polar surface area (TPSA) is 29.5 Å². The number of ether oxygens (including phenoxy) is 1. The van der Waals surface area contributed by atoms with Gasteiger partial charge in [-0.3, -0.25) is 4.90 Å². The molecule has 0 aliphatic heterocycles. The molecule has 0 atom stereocenters. The van der Waals surface area contributed by atoms with Crippen LogP contribution in [-0.2, 0) is 4.74 Å². The van der Waals surface area contributed by atoms with Crippen molar-refractivity contribution >= 4 is 17.7 Å². The van der Waals surface area contributed by atoms with Gasteiger partial charge in [-0.1, -0.05) is 38.6 Å². The summed E-state index contributed by atoms with van der Waals surface area (Å²) in [7, 11) is 0. The van der Waals surface area contributed by atoms with Crippen LogP contribution in [0.15, 0.2) is 24.6 Å². The van der Waals surface area contributed by atoms with Crippen LogP contribution in [0.5, 0.6) is 0 Å². The van der Waals surface area contributed by atoms with Gasteiger partial charge in [-0.15, -0.1) is 0 Å². The monoisotopic (exact) mass is 219 g/mol. The fourth-order valence-electron chi connectivity index (χ4n) is 0.749. The van der Waals surface area contributed by atoms with Crippen LogP contribution in [0.2, 0.25) is 0 Å². The average Bonchev–Trinajstić information content (AvgIpc) is 2.06. The summed E-state index contributed by atoms with van der Waals surface area (Å²) in [5.74, 6) is 0. The van der Waals surface area contributed by atoms with Crippen molar-refractivity contribution in [3.8, 4) is 0 Å². The Morgan fingerprint density at radius 3 is 1.86 bits per heavy atom. The van der Waals surface area contributed by atoms with Crippen LogP contribution in [0.1, 0.15) is 27.7 Å². The Morgan fingerprint density at radius 2 is 1.64 bits per heavy atom. The van der Waals surface area contributed by atoms with E-state index in [1.807, 2.05) is 13.8 Å². The van der Waals surface area contributed by atoms with Crippen LogP contribution in [0.25, 0.3) is 0 Å². The highest BCUT2D eigenvalue weighted by Gasteiger charge is 2.15. The summed E-state index contributed by atoms with van der Waals surface area (Å²) in [6, 6.07) is -0.171. The second-order valence-corrected chi connectivity index (χ2v) is 2.54. The minimum absolute atomic E-state index is 0.171. The highest BCUT2D eigenvalue weighted by atomic mass is 35.5. The summed E-state index contributed by atoms with van der Waals surface area (Å²) in [6.07, 6.45) is -0.551. The standard InChI is InChI=1S/C8H12ClNO2.C2H6/c1-6(2)10(7(3)4)8(11)12-5-9;1-2/h1,3,5H2,2,4H3;1-2H3. The number of halogens is 1. The minimum atomic E-state index is -0.551. The molecule has 0 unspecified atom stereocenters. The maximum atomic E-state index is 11.1. The lowest BCUT2D eigenvalue weighted by Crippen LogP contribution is -2.27. The van der Waals surface area contributed by atoms with Crippen molar-refractivity contribution in [3.63, 3.8) is 0 Å². The molecule has 0 aromatic rings. The Bertz CT molecular complexity index is 200. The molecule has 14 heavy (non-hydrogen) atoms. The number of rotatable bonds is 3. The van der Waals surface area contributed by atoms with E-state index in [2.05, 4.69) is 17.9 Å². The maximum absolute atomic E-state index is 11.1. The van der Waals surface area contributed by atoms with Crippen LogP contribution in [0.3, 0.4) is 0 Å². The van der Waals surface area contributed by atoms with E-state index in [0.717, 1.165) is 0 Å². The van der Waals surface area contributed by atoms with E-state index >= 15 is 0 Å². The second kappa shape index (κ2) is 8.63. The Hall–Kier alpha value is -0.960. The van der Waals surface area contributed by atoms with Crippen LogP contribution in [-0.4, -0.2) is 17.1 Å². The van der Waals surface area contributed by atoms with Gasteiger partial charge < -0.3 is 4.74 Å². The van der Waals surface area contributed by atoms with Crippen molar-refractivity contribution in [2.45, 2.75) is 27.7 Å². The molecule has 0 rings (SSSR count). The average molecular weight is 220 g/mol. The number of carbonyl (C=O) groups is 1. The smallest absolute Gasteiger partial charge is 0.419 e. The van der Waals surface area contributed by atoms with Gasteiger partial charge in [-0.25, -0.2) is 4.79 Å². The third-order valence-electron chi connectivity index (χ3n) is 1.12. The number of alkyl halides is 1. The molecule has 0 spiro atoms. The molecule has 0 saturated carbocycles. The number of amides is 1. The molecule has 3 nitrogen and oxygen atoms in total. The Morgan fingerprint density at radius 1 is 1.29 bits per heavy atom. The van der Waals surface area contributed by atoms with Crippen LogP contribution < -0.4 is 0 Å². The molecular formula is C10H18ClNO2. The molecule has 0 aliphatic carbocycles. The molecule has 0 bridgehead atoms. The van der Waals surface area contributed by atoms with E-state index in [-0.39, 0.29) is 6.07 Å². The molecule has 0 heterocycles. The number of nitrogens with zero attached hydrogens (tertiary/aromatic N) is 1. The van der Waals surface area contributed by atoms with Gasteiger partial charge in [-0.2, -0.15) is 0 Å². The van der Waals surface area contributed by atoms with Crippen molar-refractivity contribution in [1.29, 1.82) is 0 Å². The molecule has 0 radical (unpaired) electrons. The molecule has 0 aromatic heterocycles. The van der Waals surface area contributed by atoms with Gasteiger partial charge in [0.2, 0.25) is 0 Å². The van der Waals surface area contributed by atoms with Gasteiger partial charge in [0.1, 0.15) is 0 Å². The first kappa shape index (κ1) is 15.5. The predicted molar refractivity (Wildman–Crippen MR) is 60.0 cm³/mol. The van der Waals surface area contributed by atoms with Crippen molar-refractivity contribution < 1.29 is 9.53 Å². The number of hydrogen-bond acceptors (Lipinski definition) is 2. The first-order chi connectivity index (χ1) is 6.50. The summed E-state index contributed by atoms with van der Waals surface area (Å²) >= 11 is 5.22. The van der Waals surface area contributed by atoms with Gasteiger partial charge in [0.05, 0.1) is 0 Å². The zero-order valence-corrected chi connectivity index (χ0v) is 10.0. The summed E-state index contributed by atoms with van der Waals surface area (Å²) in [6.45, 7) is 14.6. The molecular weight excluding hydrogens is 202 g/mol. The summed E-state index contributed by atoms with van der Waals surface area (Å²) in [5, 5.41) is 0. The number of carbonyl (C=O) groups excluding carboxylic acids is 1. The van der Waals surface area contributed by atoms with Gasteiger partial charge in [0, 0.05) is 11.4 Å². The van der Waals surface area contributed by atoms with Gasteiger partial charge in [-0.05, 0) is 13.8 Å². The van der Waals surface area contributed by atoms with Crippen molar-refractivity contribution in [1.82, 2.24) is 4.90 Å². The van der Waals surface area contributed by atoms with E-state index in [1.54, 1.807) is 13.8 Å². The van der Waals surface area contributed by atoms with Crippen LogP contribution >= 0.6 is 11.6 Å². The lowest BCUT2D eigenvalue weighted by atomic mass is 10.4. The van der Waals surface area contributed by atoms with Crippen molar-refractivity contribution in [2.24, 2.45) is 0 Å². The molecule has 0 saturated heterocycles. The molecule has 1 amide bonds. The summed E-state index contributed by atoms with van der Waals surface area (Å²) in [4.78, 5) is 12.4. The molecule has 0 N–H and O–H groups in total. The van der Waals surface area contributed by atoms with Gasteiger partial charge in [0.25, 0.3) is 0 Å². The van der Waals surface area contributed by atoms with Crippen molar-refractivity contribution in [2.75, 3.05) is 6.07 Å². The first-order valence-corrected chi connectivity index (χ1v) is 4.88. The lowest BCUT2D eigenvalue weighted by molar-refractivity contribution is 0.139. The predicted octanol–water partition coefficient (Wildman–Crippen LogP) is 3.71. The van der Waals surface area contributed by atoms with E-state index in [4.69, 9.17) is 11.6 Å². The van der Waals surface area contributed by atoms with E-state index in [1.165, 1.54) is 4.90 Å². The molecule has 0 aliphatic rings. The van der Waals surface area contributed by atoms with E-state index in [0.29, 0.717) is 11.4 Å². The SMILES string of the molecule is C=C(C)N(C(=C)C)C(=O)OCCl.CC. The number of hydrogen-bond donors (Lipinski definition) is 0. The van der Waals surface area contributed by atoms with E-state index < -0.39 is 6.09 Å². The number of allylic oxidation sites excluding steroid dienone is 2. The van der Waals surface area contributed by atoms with Crippen LogP contribution in [0.4, 0.5) is 4.79 Å². The fourth-order valence-corrected chi connectivity index (χ4v) is 0.842. The summed E-state index contributed by atoms with van der Waals surface area (Å²) < 4.78 is 4.56. The van der Waals surface area contributed by atoms with Crippen LogP contribution in [0, 0.1) is 0 Å². The van der Waals surface area contributed by atoms with Gasteiger partial charge >= 0.3 is 6.09 Å². The normalized spacial score (nSPS) is 8.07. The first-order valence-electron chi connectivity index (χ1n) is 4.34. The zero-order valence-electron chi connectivity index (χ0n) is 9.26. The minimum Gasteiger partial charge on any atom is -0.433 e. The highest BCUT2D eigenvalue weighted by Crippen LogP contribution is 2.10. The maximum Gasteiger partial charge on any atom is 0.419 e. The highest BCUT2D eigenvalue weighted by molar-refractivity contribution is 6.17. The second-order valence-electron chi connectivity index (χ2n) is 2.33. The van der Waals surface area contributed by atoms with Crippen molar-refractivity contribution in [3.05, 3.63) is 24.6 Å². The molecule has 82 valence electrons. The molecule has 0 aromatic carbocycles. The summed E-state index contributed by atoms with van der Waals surface area (Å²) in [5.41, 5.74) is 1.11. The quantitative estimate of drug-likeness (QED) is 0.678. The van der Waals surface area contributed by atoms with E-state index in [9.17, 15) is 4.79 Å². The Balaban J connectivity index is 0. The Kier molecular flexibility index (Phi) is 9.56. The Labute approximate surface area is 91.0 Å². The lowest BCUT2D eigenvalue weighted by Gasteiger charge is -2.20. The third kappa shape index (κ3) is 5.65. The fraction of sp³-hybridized carbons (Fsp3) is 0.500. The zero-order chi connectivity index (χ0) is 11.7. The third-order valence-corrected chi connectivity index (χ3v) is 1.23.